The number of nitrogens with zero attached hydrogens (tertiary/aromatic N) is 5. The molecule has 3 N–H and O–H groups in total. The number of amides is 1. The lowest BCUT2D eigenvalue weighted by Gasteiger charge is -2.16. The molecule has 0 spiro atoms. The van der Waals surface area contributed by atoms with E-state index in [1.165, 1.54) is 19.0 Å². The van der Waals surface area contributed by atoms with Crippen molar-refractivity contribution in [2.24, 2.45) is 11.7 Å². The fraction of sp³-hybridized carbons (Fsp3) is 0.500. The summed E-state index contributed by atoms with van der Waals surface area (Å²) in [5.74, 6) is 0.739. The summed E-state index contributed by atoms with van der Waals surface area (Å²) in [6, 6.07) is 3.88. The maximum Gasteiger partial charge on any atom is 0.262 e. The van der Waals surface area contributed by atoms with Crippen LogP contribution in [-0.4, -0.2) is 48.6 Å². The average molecular weight is 422 g/mol. The van der Waals surface area contributed by atoms with Crippen LogP contribution in [0.5, 0.6) is 0 Å². The van der Waals surface area contributed by atoms with Crippen LogP contribution < -0.4 is 11.3 Å². The third kappa shape index (κ3) is 3.74. The topological polar surface area (TPSA) is 123 Å². The van der Waals surface area contributed by atoms with E-state index >= 15 is 0 Å². The van der Waals surface area contributed by atoms with Crippen molar-refractivity contribution < 1.29 is 4.79 Å². The van der Waals surface area contributed by atoms with Crippen molar-refractivity contribution in [2.75, 3.05) is 13.1 Å². The largest absolute Gasteiger partial charge is 0.366 e. The molecule has 3 aromatic rings. The van der Waals surface area contributed by atoms with E-state index in [2.05, 4.69) is 26.9 Å². The molecule has 9 heteroatoms. The molecule has 1 saturated heterocycles. The molecular formula is C22H27N7O2. The highest BCUT2D eigenvalue weighted by Crippen LogP contribution is 2.33. The van der Waals surface area contributed by atoms with Gasteiger partial charge in [-0.05, 0) is 30.9 Å². The Bertz CT molecular complexity index is 1160. The molecule has 1 aliphatic carbocycles. The molecule has 0 aromatic carbocycles. The first-order valence-corrected chi connectivity index (χ1v) is 10.9. The highest BCUT2D eigenvalue weighted by molar-refractivity contribution is 5.92. The van der Waals surface area contributed by atoms with Gasteiger partial charge in [0.15, 0.2) is 5.65 Å². The van der Waals surface area contributed by atoms with Crippen molar-refractivity contribution in [2.45, 2.75) is 51.1 Å². The molecular weight excluding hydrogens is 394 g/mol. The quantitative estimate of drug-likeness (QED) is 0.649. The lowest BCUT2D eigenvalue weighted by molar-refractivity contribution is 0.1000. The molecule has 2 atom stereocenters. The van der Waals surface area contributed by atoms with Crippen molar-refractivity contribution in [3.05, 3.63) is 52.0 Å². The second-order valence-corrected chi connectivity index (χ2v) is 8.90. The van der Waals surface area contributed by atoms with Crippen LogP contribution in [0.3, 0.4) is 0 Å². The Morgan fingerprint density at radius 2 is 2.03 bits per heavy atom. The molecule has 1 saturated carbocycles. The van der Waals surface area contributed by atoms with E-state index in [0.29, 0.717) is 35.1 Å². The Morgan fingerprint density at radius 1 is 1.23 bits per heavy atom. The molecule has 0 radical (unpaired) electrons. The molecule has 1 amide bonds. The van der Waals surface area contributed by atoms with Crippen molar-refractivity contribution in [1.82, 2.24) is 29.6 Å². The van der Waals surface area contributed by atoms with Crippen LogP contribution in [0.25, 0.3) is 11.0 Å². The maximum atomic E-state index is 12.7. The van der Waals surface area contributed by atoms with Gasteiger partial charge in [-0.2, -0.15) is 5.10 Å². The standard InChI is InChI=1S/C22H27N7O2/c1-13-10-28(11-15-7-6-14(8-24-15)19(23)30)12-18(13)20-26-21-17(22(31)27-20)9-25-29(21)16-4-2-3-5-16/h6-9,13,16,18H,2-5,10-12H2,1H3,(H2,23,30)(H,26,27,31). The lowest BCUT2D eigenvalue weighted by atomic mass is 9.97. The van der Waals surface area contributed by atoms with Gasteiger partial charge in [0.05, 0.1) is 23.5 Å². The van der Waals surface area contributed by atoms with Crippen molar-refractivity contribution >= 4 is 16.9 Å². The number of hydrogen-bond acceptors (Lipinski definition) is 6. The minimum absolute atomic E-state index is 0.112. The summed E-state index contributed by atoms with van der Waals surface area (Å²) in [7, 11) is 0. The number of nitrogens with one attached hydrogen (secondary N) is 1. The van der Waals surface area contributed by atoms with Gasteiger partial charge in [0.25, 0.3) is 5.56 Å². The monoisotopic (exact) mass is 421 g/mol. The number of rotatable bonds is 5. The number of aromatic amines is 1. The second kappa shape index (κ2) is 7.88. The van der Waals surface area contributed by atoms with Gasteiger partial charge < -0.3 is 10.7 Å². The average Bonchev–Trinajstić information content (AvgIpc) is 3.48. The van der Waals surface area contributed by atoms with Crippen LogP contribution in [0.15, 0.2) is 29.3 Å². The van der Waals surface area contributed by atoms with Crippen molar-refractivity contribution in [1.29, 1.82) is 0 Å². The summed E-state index contributed by atoms with van der Waals surface area (Å²) in [5, 5.41) is 5.06. The number of carbonyl (C=O) groups is 1. The normalized spacial score (nSPS) is 22.5. The summed E-state index contributed by atoms with van der Waals surface area (Å²) >= 11 is 0. The first kappa shape index (κ1) is 19.9. The van der Waals surface area contributed by atoms with E-state index in [1.807, 2.05) is 10.7 Å². The molecule has 31 heavy (non-hydrogen) atoms. The fourth-order valence-electron chi connectivity index (χ4n) is 4.99. The van der Waals surface area contributed by atoms with E-state index in [-0.39, 0.29) is 11.5 Å². The van der Waals surface area contributed by atoms with Crippen molar-refractivity contribution in [3.8, 4) is 0 Å². The third-order valence-electron chi connectivity index (χ3n) is 6.69. The SMILES string of the molecule is CC1CN(Cc2ccc(C(N)=O)cn2)CC1c1nc2c(cnn2C2CCCC2)c(=O)[nH]1. The second-order valence-electron chi connectivity index (χ2n) is 8.90. The van der Waals surface area contributed by atoms with Crippen molar-refractivity contribution in [3.63, 3.8) is 0 Å². The Balaban J connectivity index is 1.38. The smallest absolute Gasteiger partial charge is 0.262 e. The van der Waals surface area contributed by atoms with Gasteiger partial charge in [0.2, 0.25) is 5.91 Å². The Kier molecular flexibility index (Phi) is 5.05. The highest BCUT2D eigenvalue weighted by atomic mass is 16.1. The number of H-pyrrole nitrogens is 1. The summed E-state index contributed by atoms with van der Waals surface area (Å²) < 4.78 is 1.96. The molecule has 1 aliphatic heterocycles. The molecule has 4 heterocycles. The van der Waals surface area contributed by atoms with E-state index in [4.69, 9.17) is 10.7 Å². The molecule has 162 valence electrons. The van der Waals surface area contributed by atoms with E-state index in [0.717, 1.165) is 37.4 Å². The van der Waals surface area contributed by atoms with Crippen LogP contribution in [0, 0.1) is 5.92 Å². The number of aromatic nitrogens is 5. The van der Waals surface area contributed by atoms with Crippen LogP contribution >= 0.6 is 0 Å². The summed E-state index contributed by atoms with van der Waals surface area (Å²) in [5.41, 5.74) is 7.18. The van der Waals surface area contributed by atoms with Gasteiger partial charge in [-0.25, -0.2) is 9.67 Å². The number of pyridine rings is 1. The zero-order valence-corrected chi connectivity index (χ0v) is 17.6. The molecule has 2 aliphatic rings. The van der Waals surface area contributed by atoms with Gasteiger partial charge >= 0.3 is 0 Å². The Labute approximate surface area is 179 Å². The van der Waals surface area contributed by atoms with Crippen LogP contribution in [0.1, 0.15) is 66.4 Å². The number of primary amides is 1. The number of hydrogen-bond donors (Lipinski definition) is 2. The Morgan fingerprint density at radius 3 is 2.74 bits per heavy atom. The highest BCUT2D eigenvalue weighted by Gasteiger charge is 2.33. The predicted octanol–water partition coefficient (Wildman–Crippen LogP) is 1.96. The maximum absolute atomic E-state index is 12.7. The van der Waals surface area contributed by atoms with E-state index < -0.39 is 5.91 Å². The number of fused-ring (bicyclic) bond motifs is 1. The van der Waals surface area contributed by atoms with Crippen LogP contribution in [0.4, 0.5) is 0 Å². The summed E-state index contributed by atoms with van der Waals surface area (Å²) in [6.45, 7) is 4.53. The van der Waals surface area contributed by atoms with E-state index in [1.54, 1.807) is 12.3 Å². The molecule has 2 fully saturated rings. The summed E-state index contributed by atoms with van der Waals surface area (Å²) in [4.78, 5) is 38.6. The van der Waals surface area contributed by atoms with Gasteiger partial charge in [0.1, 0.15) is 11.2 Å². The number of likely N-dealkylation sites (tertiary alicyclic amines) is 1. The predicted molar refractivity (Wildman–Crippen MR) is 116 cm³/mol. The van der Waals surface area contributed by atoms with Gasteiger partial charge in [-0.1, -0.05) is 19.8 Å². The lowest BCUT2D eigenvalue weighted by Crippen LogP contribution is -2.22. The van der Waals surface area contributed by atoms with Gasteiger partial charge in [-0.3, -0.25) is 19.5 Å². The zero-order chi connectivity index (χ0) is 21.5. The first-order valence-electron chi connectivity index (χ1n) is 10.9. The molecule has 0 bridgehead atoms. The molecule has 2 unspecified atom stereocenters. The minimum Gasteiger partial charge on any atom is -0.366 e. The summed E-state index contributed by atoms with van der Waals surface area (Å²) in [6.07, 6.45) is 7.75. The molecule has 3 aromatic heterocycles. The number of carbonyl (C=O) groups excluding carboxylic acids is 1. The fourth-order valence-corrected chi connectivity index (χ4v) is 4.99. The Hall–Kier alpha value is -3.07. The minimum atomic E-state index is -0.476. The van der Waals surface area contributed by atoms with Gasteiger partial charge in [-0.15, -0.1) is 0 Å². The molecule has 9 nitrogen and oxygen atoms in total. The van der Waals surface area contributed by atoms with Crippen LogP contribution in [-0.2, 0) is 6.54 Å². The molecule has 5 rings (SSSR count). The van der Waals surface area contributed by atoms with Crippen LogP contribution in [0.2, 0.25) is 0 Å². The first-order chi connectivity index (χ1) is 15.0. The van der Waals surface area contributed by atoms with E-state index in [9.17, 15) is 9.59 Å². The number of nitrogens with two attached hydrogens (primary N) is 1. The third-order valence-corrected chi connectivity index (χ3v) is 6.69. The van der Waals surface area contributed by atoms with Gasteiger partial charge in [0, 0.05) is 31.7 Å². The zero-order valence-electron chi connectivity index (χ0n) is 17.6.